The summed E-state index contributed by atoms with van der Waals surface area (Å²) in [6.07, 6.45) is 2.97. The summed E-state index contributed by atoms with van der Waals surface area (Å²) in [6, 6.07) is 0. The molecule has 0 saturated heterocycles. The van der Waals surface area contributed by atoms with E-state index in [0.717, 1.165) is 12.8 Å². The largest absolute Gasteiger partial charge is 0.480 e. The summed E-state index contributed by atoms with van der Waals surface area (Å²) >= 11 is 0. The number of rotatable bonds is 6. The number of carboxylic acid groups (broad SMARTS) is 1. The highest BCUT2D eigenvalue weighted by molar-refractivity contribution is 6.40. The Labute approximate surface area is 114 Å². The molecule has 110 valence electrons. The van der Waals surface area contributed by atoms with Crippen LogP contribution in [0.4, 0.5) is 0 Å². The Hall–Kier alpha value is -0.625. The van der Waals surface area contributed by atoms with Gasteiger partial charge in [-0.2, -0.15) is 0 Å². The predicted molar refractivity (Wildman–Crippen MR) is 73.6 cm³/mol. The molecule has 1 saturated carbocycles. The Morgan fingerprint density at radius 1 is 1.42 bits per heavy atom. The average molecular weight is 272 g/mol. The minimum absolute atomic E-state index is 0.0599. The van der Waals surface area contributed by atoms with Gasteiger partial charge in [-0.15, -0.1) is 0 Å². The summed E-state index contributed by atoms with van der Waals surface area (Å²) in [6.45, 7) is 0.665. The highest BCUT2D eigenvalue weighted by Gasteiger charge is 2.46. The molecule has 7 heteroatoms. The van der Waals surface area contributed by atoms with E-state index >= 15 is 0 Å². The van der Waals surface area contributed by atoms with Gasteiger partial charge in [-0.05, 0) is 45.6 Å². The quantitative estimate of drug-likeness (QED) is 0.490. The fraction of sp³-hybridized carbons (Fsp3) is 0.917. The van der Waals surface area contributed by atoms with Crippen LogP contribution in [0.5, 0.6) is 0 Å². The Morgan fingerprint density at radius 3 is 2.53 bits per heavy atom. The van der Waals surface area contributed by atoms with Crippen LogP contribution in [0.3, 0.4) is 0 Å². The summed E-state index contributed by atoms with van der Waals surface area (Å²) < 4.78 is 0. The third-order valence-corrected chi connectivity index (χ3v) is 4.10. The fourth-order valence-corrected chi connectivity index (χ4v) is 3.03. The van der Waals surface area contributed by atoms with Gasteiger partial charge in [-0.3, -0.25) is 4.79 Å². The molecular weight excluding hydrogens is 247 g/mol. The van der Waals surface area contributed by atoms with Gasteiger partial charge in [-0.1, -0.05) is 6.42 Å². The number of hydrogen-bond acceptors (Lipinski definition) is 5. The maximum atomic E-state index is 11.5. The lowest BCUT2D eigenvalue weighted by Crippen LogP contribution is -2.59. The highest BCUT2D eigenvalue weighted by atomic mass is 16.4. The van der Waals surface area contributed by atoms with E-state index in [-0.39, 0.29) is 18.2 Å². The second-order valence-electron chi connectivity index (χ2n) is 6.01. The maximum absolute atomic E-state index is 11.5. The van der Waals surface area contributed by atoms with Gasteiger partial charge in [0.25, 0.3) is 0 Å². The first-order valence-electron chi connectivity index (χ1n) is 6.79. The van der Waals surface area contributed by atoms with Crippen molar-refractivity contribution in [1.29, 1.82) is 0 Å². The van der Waals surface area contributed by atoms with Crippen LogP contribution in [0, 0.1) is 11.8 Å². The topological polar surface area (TPSA) is 107 Å². The number of carbonyl (C=O) groups is 1. The molecule has 0 bridgehead atoms. The third-order valence-electron chi connectivity index (χ3n) is 4.10. The molecule has 19 heavy (non-hydrogen) atoms. The van der Waals surface area contributed by atoms with Crippen molar-refractivity contribution in [1.82, 2.24) is 4.90 Å². The van der Waals surface area contributed by atoms with Crippen molar-refractivity contribution in [2.45, 2.75) is 37.5 Å². The van der Waals surface area contributed by atoms with E-state index in [1.165, 1.54) is 0 Å². The van der Waals surface area contributed by atoms with E-state index in [1.54, 1.807) is 0 Å². The molecule has 1 fully saturated rings. The molecule has 6 nitrogen and oxygen atoms in total. The van der Waals surface area contributed by atoms with Gasteiger partial charge in [0.2, 0.25) is 0 Å². The summed E-state index contributed by atoms with van der Waals surface area (Å²) in [4.78, 5) is 13.5. The van der Waals surface area contributed by atoms with Gasteiger partial charge in [0.1, 0.15) is 5.54 Å². The molecule has 0 aromatic rings. The Kier molecular flexibility index (Phi) is 5.79. The van der Waals surface area contributed by atoms with Crippen molar-refractivity contribution in [3.8, 4) is 0 Å². The van der Waals surface area contributed by atoms with Crippen molar-refractivity contribution >= 4 is 13.1 Å². The van der Waals surface area contributed by atoms with Crippen LogP contribution in [-0.4, -0.2) is 59.3 Å². The smallest absolute Gasteiger partial charge is 0.451 e. The molecule has 0 spiro atoms. The highest BCUT2D eigenvalue weighted by Crippen LogP contribution is 2.38. The minimum Gasteiger partial charge on any atom is -0.480 e. The predicted octanol–water partition coefficient (Wildman–Crippen LogP) is -0.391. The first-order valence-corrected chi connectivity index (χ1v) is 6.79. The Morgan fingerprint density at radius 2 is 2.05 bits per heavy atom. The SMILES string of the molecule is CN(C)CC1CC[C@@H](CCB(O)O)C[C@@]1(N)C(=O)O. The molecular formula is C12H25BN2O4. The van der Waals surface area contributed by atoms with Crippen LogP contribution in [0.25, 0.3) is 0 Å². The molecule has 0 heterocycles. The molecule has 0 radical (unpaired) electrons. The van der Waals surface area contributed by atoms with Crippen molar-refractivity contribution < 1.29 is 19.9 Å². The van der Waals surface area contributed by atoms with Crippen LogP contribution in [0.2, 0.25) is 6.32 Å². The van der Waals surface area contributed by atoms with Gasteiger partial charge in [-0.25, -0.2) is 0 Å². The molecule has 1 unspecified atom stereocenters. The molecule has 0 amide bonds. The van der Waals surface area contributed by atoms with Crippen LogP contribution in [-0.2, 0) is 4.79 Å². The van der Waals surface area contributed by atoms with Crippen molar-refractivity contribution in [2.24, 2.45) is 17.6 Å². The van der Waals surface area contributed by atoms with Gasteiger partial charge in [0, 0.05) is 12.5 Å². The molecule has 1 aliphatic carbocycles. The second-order valence-corrected chi connectivity index (χ2v) is 6.01. The Balaban J connectivity index is 2.69. The lowest BCUT2D eigenvalue weighted by Gasteiger charge is -2.42. The zero-order chi connectivity index (χ0) is 14.6. The first kappa shape index (κ1) is 16.4. The summed E-state index contributed by atoms with van der Waals surface area (Å²) in [7, 11) is 2.50. The van der Waals surface area contributed by atoms with E-state index in [4.69, 9.17) is 15.8 Å². The third kappa shape index (κ3) is 4.45. The van der Waals surface area contributed by atoms with Crippen LogP contribution in [0.15, 0.2) is 0 Å². The molecule has 0 aromatic heterocycles. The molecule has 1 aliphatic rings. The Bertz CT molecular complexity index is 314. The van der Waals surface area contributed by atoms with Gasteiger partial charge in [0.05, 0.1) is 0 Å². The first-order chi connectivity index (χ1) is 8.75. The summed E-state index contributed by atoms with van der Waals surface area (Å²) in [5, 5.41) is 27.2. The molecule has 3 atom stereocenters. The van der Waals surface area contributed by atoms with E-state index in [1.807, 2.05) is 19.0 Å². The van der Waals surface area contributed by atoms with Gasteiger partial charge in [0.15, 0.2) is 0 Å². The zero-order valence-corrected chi connectivity index (χ0v) is 11.7. The van der Waals surface area contributed by atoms with E-state index in [9.17, 15) is 9.90 Å². The average Bonchev–Trinajstić information content (AvgIpc) is 2.29. The normalized spacial score (nSPS) is 31.5. The van der Waals surface area contributed by atoms with E-state index < -0.39 is 18.6 Å². The maximum Gasteiger partial charge on any atom is 0.451 e. The summed E-state index contributed by atoms with van der Waals surface area (Å²) in [5.41, 5.74) is 4.94. The standard InChI is InChI=1S/C12H25BN2O4/c1-15(2)8-10-4-3-9(5-6-13(18)19)7-12(10,14)11(16)17/h9-10,18-19H,3-8,14H2,1-2H3,(H,16,17)/t9-,10?,12-/m0/s1. The van der Waals surface area contributed by atoms with E-state index in [0.29, 0.717) is 19.4 Å². The number of nitrogens with two attached hydrogens (primary N) is 1. The minimum atomic E-state index is -1.32. The van der Waals surface area contributed by atoms with Gasteiger partial charge >= 0.3 is 13.1 Å². The number of carboxylic acids is 1. The lowest BCUT2D eigenvalue weighted by molar-refractivity contribution is -0.148. The van der Waals surface area contributed by atoms with Crippen LogP contribution >= 0.6 is 0 Å². The second kappa shape index (κ2) is 6.70. The monoisotopic (exact) mass is 272 g/mol. The number of aliphatic carboxylic acids is 1. The van der Waals surface area contributed by atoms with Crippen LogP contribution < -0.4 is 5.73 Å². The van der Waals surface area contributed by atoms with Crippen molar-refractivity contribution in [3.05, 3.63) is 0 Å². The van der Waals surface area contributed by atoms with Crippen molar-refractivity contribution in [2.75, 3.05) is 20.6 Å². The van der Waals surface area contributed by atoms with E-state index in [2.05, 4.69) is 0 Å². The number of nitrogens with zero attached hydrogens (tertiary/aromatic N) is 1. The van der Waals surface area contributed by atoms with Crippen LogP contribution in [0.1, 0.15) is 25.7 Å². The zero-order valence-electron chi connectivity index (χ0n) is 11.7. The fourth-order valence-electron chi connectivity index (χ4n) is 3.03. The molecule has 0 aliphatic heterocycles. The number of hydrogen-bond donors (Lipinski definition) is 4. The van der Waals surface area contributed by atoms with Crippen molar-refractivity contribution in [3.63, 3.8) is 0 Å². The molecule has 5 N–H and O–H groups in total. The molecule has 0 aromatic carbocycles. The molecule has 1 rings (SSSR count). The van der Waals surface area contributed by atoms with Gasteiger partial charge < -0.3 is 25.8 Å². The lowest BCUT2D eigenvalue weighted by atomic mass is 9.66. The summed E-state index contributed by atoms with van der Waals surface area (Å²) in [5.74, 6) is -0.856.